The number of nitrogens with one attached hydrogen (secondary N) is 2. The largest absolute Gasteiger partial charge is 0.345 e. The third kappa shape index (κ3) is 6.08. The Labute approximate surface area is 164 Å². The van der Waals surface area contributed by atoms with E-state index in [1.807, 2.05) is 12.1 Å². The fourth-order valence-electron chi connectivity index (χ4n) is 3.84. The van der Waals surface area contributed by atoms with Crippen LogP contribution in [0.5, 0.6) is 0 Å². The van der Waals surface area contributed by atoms with Gasteiger partial charge in [-0.15, -0.1) is 0 Å². The Morgan fingerprint density at radius 2 is 1.63 bits per heavy atom. The number of rotatable bonds is 6. The number of hydrogen-bond acceptors (Lipinski definition) is 2. The molecule has 2 N–H and O–H groups in total. The molecule has 4 heteroatoms. The summed E-state index contributed by atoms with van der Waals surface area (Å²) < 4.78 is 0. The molecule has 0 spiro atoms. The van der Waals surface area contributed by atoms with Crippen LogP contribution >= 0.6 is 0 Å². The lowest BCUT2D eigenvalue weighted by Crippen LogP contribution is -2.46. The molecule has 1 aromatic rings. The lowest BCUT2D eigenvalue weighted by atomic mass is 9.69. The zero-order chi connectivity index (χ0) is 20.0. The van der Waals surface area contributed by atoms with Crippen LogP contribution in [0.1, 0.15) is 83.8 Å². The number of benzene rings is 1. The van der Waals surface area contributed by atoms with E-state index in [0.29, 0.717) is 23.8 Å². The van der Waals surface area contributed by atoms with Gasteiger partial charge >= 0.3 is 11.8 Å². The summed E-state index contributed by atoms with van der Waals surface area (Å²) >= 11 is 0. The number of hydrogen-bond donors (Lipinski definition) is 2. The summed E-state index contributed by atoms with van der Waals surface area (Å²) in [7, 11) is 0. The standard InChI is InChI=1S/C23H36N2O2/c1-6-23(4,5)19-11-13-20(14-12-19)25-22(27)21(26)24-15-17-7-9-18(10-8-17)16(2)3/h7-10,16,19-20H,6,11-15H2,1-5H3,(H,24,26)(H,25,27). The highest BCUT2D eigenvalue weighted by Gasteiger charge is 2.32. The minimum atomic E-state index is -0.543. The summed E-state index contributed by atoms with van der Waals surface area (Å²) in [6.07, 6.45) is 5.34. The van der Waals surface area contributed by atoms with Gasteiger partial charge < -0.3 is 10.6 Å². The van der Waals surface area contributed by atoms with E-state index in [9.17, 15) is 9.59 Å². The molecule has 2 rings (SSSR count). The summed E-state index contributed by atoms with van der Waals surface area (Å²) in [6.45, 7) is 11.6. The molecule has 0 aromatic heterocycles. The van der Waals surface area contributed by atoms with Gasteiger partial charge in [-0.3, -0.25) is 9.59 Å². The van der Waals surface area contributed by atoms with Crippen molar-refractivity contribution in [3.05, 3.63) is 35.4 Å². The lowest BCUT2D eigenvalue weighted by molar-refractivity contribution is -0.139. The third-order valence-electron chi connectivity index (χ3n) is 6.38. The zero-order valence-electron chi connectivity index (χ0n) is 17.6. The summed E-state index contributed by atoms with van der Waals surface area (Å²) in [5, 5.41) is 5.65. The quantitative estimate of drug-likeness (QED) is 0.720. The fraction of sp³-hybridized carbons (Fsp3) is 0.652. The molecular weight excluding hydrogens is 336 g/mol. The van der Waals surface area contributed by atoms with Crippen LogP contribution in [0.4, 0.5) is 0 Å². The van der Waals surface area contributed by atoms with Crippen LogP contribution in [0.2, 0.25) is 0 Å². The molecule has 0 unspecified atom stereocenters. The molecule has 0 bridgehead atoms. The van der Waals surface area contributed by atoms with Gasteiger partial charge in [0.15, 0.2) is 0 Å². The van der Waals surface area contributed by atoms with E-state index >= 15 is 0 Å². The van der Waals surface area contributed by atoms with Crippen molar-refractivity contribution < 1.29 is 9.59 Å². The van der Waals surface area contributed by atoms with E-state index in [1.165, 1.54) is 12.0 Å². The van der Waals surface area contributed by atoms with E-state index in [4.69, 9.17) is 0 Å². The Morgan fingerprint density at radius 3 is 2.15 bits per heavy atom. The SMILES string of the molecule is CCC(C)(C)C1CCC(NC(=O)C(=O)NCc2ccc(C(C)C)cc2)CC1. The second-order valence-corrected chi connectivity index (χ2v) is 8.94. The Bertz CT molecular complexity index is 626. The van der Waals surface area contributed by atoms with Gasteiger partial charge in [0.25, 0.3) is 0 Å². The number of amides is 2. The predicted molar refractivity (Wildman–Crippen MR) is 110 cm³/mol. The normalized spacial score (nSPS) is 20.4. The van der Waals surface area contributed by atoms with Gasteiger partial charge in [0.1, 0.15) is 0 Å². The topological polar surface area (TPSA) is 58.2 Å². The first-order chi connectivity index (χ1) is 12.7. The van der Waals surface area contributed by atoms with Crippen molar-refractivity contribution in [3.8, 4) is 0 Å². The molecule has 1 saturated carbocycles. The van der Waals surface area contributed by atoms with Gasteiger partial charge in [-0.2, -0.15) is 0 Å². The van der Waals surface area contributed by atoms with E-state index in [2.05, 4.69) is 57.4 Å². The molecule has 0 atom stereocenters. The Hall–Kier alpha value is -1.84. The Morgan fingerprint density at radius 1 is 1.04 bits per heavy atom. The smallest absolute Gasteiger partial charge is 0.309 e. The Kier molecular flexibility index (Phi) is 7.46. The van der Waals surface area contributed by atoms with Crippen LogP contribution < -0.4 is 10.6 Å². The van der Waals surface area contributed by atoms with E-state index in [1.54, 1.807) is 0 Å². The fourth-order valence-corrected chi connectivity index (χ4v) is 3.84. The van der Waals surface area contributed by atoms with Crippen molar-refractivity contribution in [2.45, 2.75) is 85.2 Å². The molecule has 1 fully saturated rings. The minimum absolute atomic E-state index is 0.123. The van der Waals surface area contributed by atoms with Crippen LogP contribution in [0, 0.1) is 11.3 Å². The number of carbonyl (C=O) groups is 2. The molecule has 1 aromatic carbocycles. The first kappa shape index (κ1) is 21.5. The second-order valence-electron chi connectivity index (χ2n) is 8.94. The molecular formula is C23H36N2O2. The molecule has 1 aliphatic rings. The van der Waals surface area contributed by atoms with Gasteiger partial charge in [0, 0.05) is 12.6 Å². The van der Waals surface area contributed by atoms with Gasteiger partial charge in [-0.25, -0.2) is 0 Å². The predicted octanol–water partition coefficient (Wildman–Crippen LogP) is 4.54. The van der Waals surface area contributed by atoms with Crippen LogP contribution in [-0.4, -0.2) is 17.9 Å². The summed E-state index contributed by atoms with van der Waals surface area (Å²) in [5.41, 5.74) is 2.63. The zero-order valence-corrected chi connectivity index (χ0v) is 17.6. The van der Waals surface area contributed by atoms with Gasteiger partial charge in [0.05, 0.1) is 0 Å². The first-order valence-corrected chi connectivity index (χ1v) is 10.4. The summed E-state index contributed by atoms with van der Waals surface area (Å²) in [6, 6.07) is 8.27. The maximum Gasteiger partial charge on any atom is 0.309 e. The maximum atomic E-state index is 12.2. The monoisotopic (exact) mass is 372 g/mol. The molecule has 0 heterocycles. The average Bonchev–Trinajstić information content (AvgIpc) is 2.66. The van der Waals surface area contributed by atoms with E-state index in [-0.39, 0.29) is 6.04 Å². The van der Waals surface area contributed by atoms with Crippen molar-refractivity contribution in [2.75, 3.05) is 0 Å². The minimum Gasteiger partial charge on any atom is -0.345 e. The molecule has 0 aliphatic heterocycles. The second kappa shape index (κ2) is 9.38. The van der Waals surface area contributed by atoms with Crippen molar-refractivity contribution >= 4 is 11.8 Å². The molecule has 2 amide bonds. The van der Waals surface area contributed by atoms with Crippen LogP contribution in [-0.2, 0) is 16.1 Å². The molecule has 4 nitrogen and oxygen atoms in total. The van der Waals surface area contributed by atoms with Gasteiger partial charge in [-0.1, -0.05) is 65.3 Å². The van der Waals surface area contributed by atoms with Crippen LogP contribution in [0.25, 0.3) is 0 Å². The van der Waals surface area contributed by atoms with Crippen molar-refractivity contribution in [1.82, 2.24) is 10.6 Å². The lowest BCUT2D eigenvalue weighted by Gasteiger charge is -2.39. The molecule has 0 radical (unpaired) electrons. The van der Waals surface area contributed by atoms with Crippen LogP contribution in [0.3, 0.4) is 0 Å². The van der Waals surface area contributed by atoms with E-state index in [0.717, 1.165) is 31.2 Å². The highest BCUT2D eigenvalue weighted by molar-refractivity contribution is 6.35. The third-order valence-corrected chi connectivity index (χ3v) is 6.38. The Balaban J connectivity index is 1.75. The number of carbonyl (C=O) groups excluding carboxylic acids is 2. The highest BCUT2D eigenvalue weighted by atomic mass is 16.2. The maximum absolute atomic E-state index is 12.2. The van der Waals surface area contributed by atoms with Crippen LogP contribution in [0.15, 0.2) is 24.3 Å². The molecule has 0 saturated heterocycles. The van der Waals surface area contributed by atoms with Crippen molar-refractivity contribution in [2.24, 2.45) is 11.3 Å². The summed E-state index contributed by atoms with van der Waals surface area (Å²) in [4.78, 5) is 24.3. The van der Waals surface area contributed by atoms with Gasteiger partial charge in [0.2, 0.25) is 0 Å². The summed E-state index contributed by atoms with van der Waals surface area (Å²) in [5.74, 6) is 0.140. The van der Waals surface area contributed by atoms with Gasteiger partial charge in [-0.05, 0) is 54.1 Å². The van der Waals surface area contributed by atoms with Crippen molar-refractivity contribution in [1.29, 1.82) is 0 Å². The average molecular weight is 373 g/mol. The molecule has 150 valence electrons. The highest BCUT2D eigenvalue weighted by Crippen LogP contribution is 2.40. The molecule has 1 aliphatic carbocycles. The molecule has 27 heavy (non-hydrogen) atoms. The first-order valence-electron chi connectivity index (χ1n) is 10.4. The van der Waals surface area contributed by atoms with Crippen molar-refractivity contribution in [3.63, 3.8) is 0 Å². The van der Waals surface area contributed by atoms with E-state index < -0.39 is 11.8 Å².